The molecule has 0 aromatic heterocycles. The fourth-order valence-electron chi connectivity index (χ4n) is 9.60. The van der Waals surface area contributed by atoms with Gasteiger partial charge in [0.25, 0.3) is 7.82 Å². The number of unbranched alkanes of at least 4 members (excludes halogenated alkanes) is 30. The highest BCUT2D eigenvalue weighted by atomic mass is 31.2. The van der Waals surface area contributed by atoms with E-state index in [1.54, 1.807) is 0 Å². The van der Waals surface area contributed by atoms with Gasteiger partial charge in [0.05, 0.1) is 27.7 Å². The molecule has 0 aromatic rings. The minimum atomic E-state index is -4.66. The second-order valence-corrected chi connectivity index (χ2v) is 25.9. The summed E-state index contributed by atoms with van der Waals surface area (Å²) in [5, 5.41) is 0. The minimum absolute atomic E-state index is 0.0465. The zero-order valence-corrected chi connectivity index (χ0v) is 57.1. The molecule has 0 spiro atoms. The van der Waals surface area contributed by atoms with Gasteiger partial charge in [-0.1, -0.05) is 302 Å². The van der Waals surface area contributed by atoms with Crippen LogP contribution in [0.1, 0.15) is 296 Å². The Hall–Kier alpha value is -3.59. The molecule has 0 heterocycles. The van der Waals surface area contributed by atoms with Crippen LogP contribution < -0.4 is 4.89 Å². The van der Waals surface area contributed by atoms with Crippen LogP contribution >= 0.6 is 7.82 Å². The fraction of sp³-hybridized carbons (Fsp3) is 0.711. The first kappa shape index (κ1) is 82.4. The Balaban J connectivity index is 4.03. The van der Waals surface area contributed by atoms with Gasteiger partial charge in [-0.05, 0) is 103 Å². The molecule has 0 aliphatic heterocycles. The summed E-state index contributed by atoms with van der Waals surface area (Å²) in [4.78, 5) is 38.0. The molecule has 0 saturated heterocycles. The summed E-state index contributed by atoms with van der Waals surface area (Å²) in [7, 11) is 1.12. The van der Waals surface area contributed by atoms with Crippen LogP contribution in [0, 0.1) is 0 Å². The third-order valence-electron chi connectivity index (χ3n) is 15.0. The van der Waals surface area contributed by atoms with E-state index in [0.29, 0.717) is 23.9 Å². The Morgan fingerprint density at radius 2 is 0.674 bits per heavy atom. The first-order chi connectivity index (χ1) is 42.0. The molecule has 0 rings (SSSR count). The van der Waals surface area contributed by atoms with Crippen molar-refractivity contribution in [1.29, 1.82) is 0 Å². The number of allylic oxidation sites excluding steroid dienone is 20. The quantitative estimate of drug-likeness (QED) is 0.0195. The second-order valence-electron chi connectivity index (χ2n) is 24.5. The van der Waals surface area contributed by atoms with Gasteiger partial charge in [0.2, 0.25) is 0 Å². The van der Waals surface area contributed by atoms with E-state index in [4.69, 9.17) is 18.5 Å². The number of likely N-dealkylation sites (N-methyl/N-ethyl adjacent to an activating group) is 1. The van der Waals surface area contributed by atoms with Crippen molar-refractivity contribution in [2.75, 3.05) is 47.5 Å². The molecule has 0 amide bonds. The highest BCUT2D eigenvalue weighted by molar-refractivity contribution is 7.45. The summed E-state index contributed by atoms with van der Waals surface area (Å²) in [5.74, 6) is -0.901. The lowest BCUT2D eigenvalue weighted by Crippen LogP contribution is -2.37. The van der Waals surface area contributed by atoms with Crippen LogP contribution in [0.5, 0.6) is 0 Å². The van der Waals surface area contributed by atoms with E-state index in [0.717, 1.165) is 77.0 Å². The van der Waals surface area contributed by atoms with E-state index in [-0.39, 0.29) is 26.1 Å². The number of nitrogens with zero attached hydrogens (tertiary/aromatic N) is 1. The van der Waals surface area contributed by atoms with Crippen molar-refractivity contribution in [1.82, 2.24) is 0 Å². The Bertz CT molecular complexity index is 1870. The van der Waals surface area contributed by atoms with Crippen molar-refractivity contribution in [3.05, 3.63) is 122 Å². The maximum absolute atomic E-state index is 12.8. The van der Waals surface area contributed by atoms with E-state index in [2.05, 4.69) is 129 Å². The average Bonchev–Trinajstić information content (AvgIpc) is 3.56. The number of quaternary nitrogens is 1. The predicted molar refractivity (Wildman–Crippen MR) is 369 cm³/mol. The van der Waals surface area contributed by atoms with Crippen molar-refractivity contribution in [3.63, 3.8) is 0 Å². The maximum atomic E-state index is 12.8. The molecule has 0 aliphatic rings. The minimum Gasteiger partial charge on any atom is -0.756 e. The van der Waals surface area contributed by atoms with E-state index in [9.17, 15) is 19.0 Å². The van der Waals surface area contributed by atoms with Gasteiger partial charge in [-0.3, -0.25) is 14.2 Å². The van der Waals surface area contributed by atoms with Crippen LogP contribution in [-0.4, -0.2) is 70.0 Å². The zero-order valence-electron chi connectivity index (χ0n) is 56.2. The lowest BCUT2D eigenvalue weighted by atomic mass is 10.0. The first-order valence-electron chi connectivity index (χ1n) is 35.2. The molecule has 10 heteroatoms. The molecule has 0 bridgehead atoms. The molecule has 2 atom stereocenters. The van der Waals surface area contributed by atoms with E-state index in [1.165, 1.54) is 180 Å². The summed E-state index contributed by atoms with van der Waals surface area (Å²) in [6.45, 7) is 4.06. The van der Waals surface area contributed by atoms with Gasteiger partial charge in [0.1, 0.15) is 19.8 Å². The molecule has 2 unspecified atom stereocenters. The molecule has 0 aliphatic carbocycles. The van der Waals surface area contributed by atoms with Gasteiger partial charge in [0.15, 0.2) is 6.10 Å². The van der Waals surface area contributed by atoms with Crippen LogP contribution in [-0.2, 0) is 32.7 Å². The monoisotopic (exact) mass is 1220 g/mol. The molecule has 86 heavy (non-hydrogen) atoms. The molecule has 0 radical (unpaired) electrons. The number of rotatable bonds is 64. The standard InChI is InChI=1S/C76H132NO8P/c1-6-8-10-12-14-16-18-20-22-24-26-28-30-31-32-33-34-35-36-37-38-39-40-41-42-43-44-45-47-48-50-52-54-56-58-60-62-64-66-68-75(78)82-72-74(73-84-86(80,81)83-71-70-77(3,4)5)85-76(79)69-67-65-63-61-59-57-55-53-51-49-46-29-27-25-23-21-19-17-15-13-11-9-7-2/h9,11,15,17-18,20-21,23-24,26-27,29-31,49,51,55,57,61,63,74H,6-8,10,12-14,16,19,22,25,28,32-48,50,52-54,56,58-60,62,64-73H2,1-5H3/b11-9-,17-15-,20-18-,23-21-,26-24-,29-27-,31-30-,51-49-,57-55-,63-61-. The smallest absolute Gasteiger partial charge is 0.306 e. The van der Waals surface area contributed by atoms with Gasteiger partial charge in [0, 0.05) is 12.8 Å². The van der Waals surface area contributed by atoms with E-state index >= 15 is 0 Å². The van der Waals surface area contributed by atoms with Gasteiger partial charge in [-0.2, -0.15) is 0 Å². The molecular formula is C76H132NO8P. The summed E-state index contributed by atoms with van der Waals surface area (Å²) in [6, 6.07) is 0. The molecule has 0 aromatic carbocycles. The van der Waals surface area contributed by atoms with Gasteiger partial charge >= 0.3 is 11.9 Å². The average molecular weight is 1220 g/mol. The van der Waals surface area contributed by atoms with E-state index in [1.807, 2.05) is 27.2 Å². The van der Waals surface area contributed by atoms with Crippen LogP contribution in [0.4, 0.5) is 0 Å². The molecule has 494 valence electrons. The Labute approximate surface area is 530 Å². The molecular weight excluding hydrogens is 1090 g/mol. The third-order valence-corrected chi connectivity index (χ3v) is 15.9. The number of carbonyl (C=O) groups excluding carboxylic acids is 2. The highest BCUT2D eigenvalue weighted by Gasteiger charge is 2.22. The lowest BCUT2D eigenvalue weighted by Gasteiger charge is -2.28. The summed E-state index contributed by atoms with van der Waals surface area (Å²) in [5.41, 5.74) is 0. The molecule has 9 nitrogen and oxygen atoms in total. The van der Waals surface area contributed by atoms with Crippen molar-refractivity contribution >= 4 is 19.8 Å². The van der Waals surface area contributed by atoms with Crippen molar-refractivity contribution < 1.29 is 42.1 Å². The van der Waals surface area contributed by atoms with Crippen LogP contribution in [0.25, 0.3) is 0 Å². The van der Waals surface area contributed by atoms with Gasteiger partial charge < -0.3 is 27.9 Å². The van der Waals surface area contributed by atoms with Gasteiger partial charge in [-0.15, -0.1) is 0 Å². The number of hydrogen-bond donors (Lipinski definition) is 0. The Kier molecular flexibility index (Phi) is 63.1. The van der Waals surface area contributed by atoms with Gasteiger partial charge in [-0.25, -0.2) is 0 Å². The number of carbonyl (C=O) groups is 2. The second kappa shape index (κ2) is 65.8. The zero-order chi connectivity index (χ0) is 62.6. The SMILES string of the molecule is CC/C=C\C/C=C\C/C=C\C/C=C\C/C=C\C/C=C\C/C=C\CCCC(=O)OC(COC(=O)CCCCCCCCCCCCCCCCCCCCCCCCCC/C=C\C/C=C\C/C=C\CCCCCCC)COP(=O)([O-])OCC[N+](C)(C)C. The fourth-order valence-corrected chi connectivity index (χ4v) is 10.3. The summed E-state index contributed by atoms with van der Waals surface area (Å²) >= 11 is 0. The van der Waals surface area contributed by atoms with Crippen LogP contribution in [0.2, 0.25) is 0 Å². The van der Waals surface area contributed by atoms with Crippen molar-refractivity contribution in [2.45, 2.75) is 302 Å². The lowest BCUT2D eigenvalue weighted by molar-refractivity contribution is -0.870. The summed E-state index contributed by atoms with van der Waals surface area (Å²) < 4.78 is 34.2. The van der Waals surface area contributed by atoms with E-state index < -0.39 is 32.5 Å². The number of esters is 2. The number of hydrogen-bond acceptors (Lipinski definition) is 8. The Morgan fingerprint density at radius 3 is 1.02 bits per heavy atom. The van der Waals surface area contributed by atoms with Crippen molar-refractivity contribution in [2.24, 2.45) is 0 Å². The topological polar surface area (TPSA) is 111 Å². The number of phosphoric ester groups is 1. The Morgan fingerprint density at radius 1 is 0.372 bits per heavy atom. The first-order valence-corrected chi connectivity index (χ1v) is 36.7. The maximum Gasteiger partial charge on any atom is 0.306 e. The van der Waals surface area contributed by atoms with Crippen molar-refractivity contribution in [3.8, 4) is 0 Å². The normalized spacial score (nSPS) is 13.9. The van der Waals surface area contributed by atoms with Crippen LogP contribution in [0.15, 0.2) is 122 Å². The molecule has 0 fully saturated rings. The number of ether oxygens (including phenoxy) is 2. The predicted octanol–water partition coefficient (Wildman–Crippen LogP) is 22.4. The molecule has 0 N–H and O–H groups in total. The largest absolute Gasteiger partial charge is 0.756 e. The third kappa shape index (κ3) is 69.5. The number of phosphoric acid groups is 1. The highest BCUT2D eigenvalue weighted by Crippen LogP contribution is 2.38. The summed E-state index contributed by atoms with van der Waals surface area (Å²) in [6.07, 6.45) is 94.5. The molecule has 0 saturated carbocycles. The van der Waals surface area contributed by atoms with Crippen LogP contribution in [0.3, 0.4) is 0 Å².